The molecule has 0 fully saturated rings. The van der Waals surface area contributed by atoms with Gasteiger partial charge in [0.1, 0.15) is 0 Å². The molecule has 0 bridgehead atoms. The predicted molar refractivity (Wildman–Crippen MR) is 83.4 cm³/mol. The number of benzene rings is 1. The van der Waals surface area contributed by atoms with E-state index in [4.69, 9.17) is 0 Å². The minimum atomic E-state index is -0.267. The van der Waals surface area contributed by atoms with Crippen molar-refractivity contribution in [1.29, 1.82) is 0 Å². The normalized spacial score (nSPS) is 15.2. The minimum absolute atomic E-state index is 0.166. The Kier molecular flexibility index (Phi) is 6.57. The molecule has 0 amide bonds. The zero-order valence-corrected chi connectivity index (χ0v) is 13.0. The van der Waals surface area contributed by atoms with E-state index in [2.05, 4.69) is 52.0 Å². The lowest BCUT2D eigenvalue weighted by atomic mass is 9.75. The molecule has 2 unspecified atom stereocenters. The molecule has 1 aromatic carbocycles. The third-order valence-electron chi connectivity index (χ3n) is 4.45. The van der Waals surface area contributed by atoms with Crippen molar-refractivity contribution in [1.82, 2.24) is 0 Å². The molecule has 0 aliphatic carbocycles. The highest BCUT2D eigenvalue weighted by Gasteiger charge is 2.30. The Morgan fingerprint density at radius 2 is 1.74 bits per heavy atom. The topological polar surface area (TPSA) is 20.2 Å². The van der Waals surface area contributed by atoms with Crippen molar-refractivity contribution in [2.24, 2.45) is 5.92 Å². The van der Waals surface area contributed by atoms with Crippen molar-refractivity contribution in [2.75, 3.05) is 0 Å². The molecule has 0 spiro atoms. The van der Waals surface area contributed by atoms with E-state index in [1.54, 1.807) is 0 Å². The van der Waals surface area contributed by atoms with Crippen LogP contribution >= 0.6 is 0 Å². The van der Waals surface area contributed by atoms with E-state index in [9.17, 15) is 5.11 Å². The molecular formula is C18H30O. The van der Waals surface area contributed by atoms with Crippen molar-refractivity contribution in [3.8, 4) is 0 Å². The molecule has 108 valence electrons. The summed E-state index contributed by atoms with van der Waals surface area (Å²) < 4.78 is 0. The maximum atomic E-state index is 10.6. The molecule has 2 atom stereocenters. The maximum absolute atomic E-state index is 10.6. The van der Waals surface area contributed by atoms with Crippen molar-refractivity contribution in [2.45, 2.75) is 71.3 Å². The summed E-state index contributed by atoms with van der Waals surface area (Å²) in [5.74, 6) is 0.651. The second kappa shape index (κ2) is 7.69. The molecule has 1 nitrogen and oxygen atoms in total. The summed E-state index contributed by atoms with van der Waals surface area (Å²) in [5.41, 5.74) is 1.06. The fourth-order valence-corrected chi connectivity index (χ4v) is 2.65. The summed E-state index contributed by atoms with van der Waals surface area (Å²) in [7, 11) is 0. The van der Waals surface area contributed by atoms with E-state index in [-0.39, 0.29) is 11.5 Å². The Morgan fingerprint density at radius 3 is 2.26 bits per heavy atom. The molecular weight excluding hydrogens is 232 g/mol. The summed E-state index contributed by atoms with van der Waals surface area (Å²) in [4.78, 5) is 0. The number of aliphatic hydroxyl groups excluding tert-OH is 1. The smallest absolute Gasteiger partial charge is 0.0634 e. The van der Waals surface area contributed by atoms with Crippen LogP contribution in [0.3, 0.4) is 0 Å². The van der Waals surface area contributed by atoms with Crippen LogP contribution in [0.1, 0.15) is 65.4 Å². The first-order valence-electron chi connectivity index (χ1n) is 7.75. The van der Waals surface area contributed by atoms with E-state index in [1.807, 2.05) is 6.07 Å². The Morgan fingerprint density at radius 1 is 1.11 bits per heavy atom. The van der Waals surface area contributed by atoms with Gasteiger partial charge in [-0.3, -0.25) is 0 Å². The summed E-state index contributed by atoms with van der Waals surface area (Å²) in [6.45, 7) is 8.78. The summed E-state index contributed by atoms with van der Waals surface area (Å²) in [5, 5.41) is 10.6. The fraction of sp³-hybridized carbons (Fsp3) is 0.667. The summed E-state index contributed by atoms with van der Waals surface area (Å²) >= 11 is 0. The van der Waals surface area contributed by atoms with Crippen LogP contribution < -0.4 is 0 Å². The highest BCUT2D eigenvalue weighted by Crippen LogP contribution is 2.32. The van der Waals surface area contributed by atoms with Gasteiger partial charge in [0.2, 0.25) is 0 Å². The van der Waals surface area contributed by atoms with E-state index in [0.29, 0.717) is 5.92 Å². The van der Waals surface area contributed by atoms with Gasteiger partial charge in [0.05, 0.1) is 6.10 Å². The van der Waals surface area contributed by atoms with Crippen molar-refractivity contribution in [3.05, 3.63) is 35.9 Å². The number of rotatable bonds is 8. The van der Waals surface area contributed by atoms with Crippen LogP contribution in [0.15, 0.2) is 30.3 Å². The summed E-state index contributed by atoms with van der Waals surface area (Å²) in [6, 6.07) is 10.4. The van der Waals surface area contributed by atoms with Gasteiger partial charge in [-0.15, -0.1) is 0 Å². The first-order valence-corrected chi connectivity index (χ1v) is 7.75. The molecule has 1 rings (SSSR count). The number of hydrogen-bond donors (Lipinski definition) is 1. The van der Waals surface area contributed by atoms with Gasteiger partial charge in [0.15, 0.2) is 0 Å². The Bertz CT molecular complexity index is 342. The highest BCUT2D eigenvalue weighted by molar-refractivity contribution is 5.24. The highest BCUT2D eigenvalue weighted by atomic mass is 16.3. The van der Waals surface area contributed by atoms with E-state index >= 15 is 0 Å². The lowest BCUT2D eigenvalue weighted by Crippen LogP contribution is -2.35. The van der Waals surface area contributed by atoms with Crippen LogP contribution in [0.4, 0.5) is 0 Å². The van der Waals surface area contributed by atoms with Gasteiger partial charge in [-0.2, -0.15) is 0 Å². The van der Waals surface area contributed by atoms with Crippen LogP contribution in [0.5, 0.6) is 0 Å². The van der Waals surface area contributed by atoms with Gasteiger partial charge in [-0.05, 0) is 17.9 Å². The van der Waals surface area contributed by atoms with Gasteiger partial charge >= 0.3 is 0 Å². The van der Waals surface area contributed by atoms with Gasteiger partial charge in [0.25, 0.3) is 0 Å². The molecule has 1 N–H and O–H groups in total. The summed E-state index contributed by atoms with van der Waals surface area (Å²) in [6.07, 6.45) is 5.58. The maximum Gasteiger partial charge on any atom is 0.0634 e. The largest absolute Gasteiger partial charge is 0.392 e. The SMILES string of the molecule is CCCCC(CC)CC(O)C(C)(C)c1ccccc1. The van der Waals surface area contributed by atoms with E-state index in [1.165, 1.54) is 31.2 Å². The molecule has 0 aromatic heterocycles. The molecule has 0 saturated carbocycles. The van der Waals surface area contributed by atoms with Crippen LogP contribution in [0.25, 0.3) is 0 Å². The lowest BCUT2D eigenvalue weighted by Gasteiger charge is -2.33. The predicted octanol–water partition coefficient (Wildman–Crippen LogP) is 4.93. The average molecular weight is 262 g/mol. The average Bonchev–Trinajstić information content (AvgIpc) is 2.44. The van der Waals surface area contributed by atoms with E-state index < -0.39 is 0 Å². The van der Waals surface area contributed by atoms with Crippen LogP contribution in [-0.4, -0.2) is 11.2 Å². The molecule has 0 saturated heterocycles. The van der Waals surface area contributed by atoms with E-state index in [0.717, 1.165) is 6.42 Å². The van der Waals surface area contributed by atoms with Gasteiger partial charge in [-0.25, -0.2) is 0 Å². The first-order chi connectivity index (χ1) is 9.02. The quantitative estimate of drug-likeness (QED) is 0.704. The Hall–Kier alpha value is -0.820. The molecule has 0 aliphatic heterocycles. The zero-order chi connectivity index (χ0) is 14.3. The number of hydrogen-bond acceptors (Lipinski definition) is 1. The van der Waals surface area contributed by atoms with Crippen molar-refractivity contribution < 1.29 is 5.11 Å². The second-order valence-electron chi connectivity index (χ2n) is 6.26. The van der Waals surface area contributed by atoms with Gasteiger partial charge < -0.3 is 5.11 Å². The van der Waals surface area contributed by atoms with Crippen molar-refractivity contribution >= 4 is 0 Å². The van der Waals surface area contributed by atoms with Crippen LogP contribution in [0, 0.1) is 5.92 Å². The second-order valence-corrected chi connectivity index (χ2v) is 6.26. The van der Waals surface area contributed by atoms with Crippen LogP contribution in [-0.2, 0) is 5.41 Å². The minimum Gasteiger partial charge on any atom is -0.392 e. The Labute approximate surface area is 119 Å². The van der Waals surface area contributed by atoms with Gasteiger partial charge in [0, 0.05) is 5.41 Å². The molecule has 1 heteroatoms. The number of unbranched alkanes of at least 4 members (excludes halogenated alkanes) is 1. The van der Waals surface area contributed by atoms with Crippen molar-refractivity contribution in [3.63, 3.8) is 0 Å². The molecule has 1 aromatic rings. The fourth-order valence-electron chi connectivity index (χ4n) is 2.65. The van der Waals surface area contributed by atoms with Gasteiger partial charge in [-0.1, -0.05) is 83.7 Å². The lowest BCUT2D eigenvalue weighted by molar-refractivity contribution is 0.0715. The molecule has 0 radical (unpaired) electrons. The molecule has 0 heterocycles. The molecule has 19 heavy (non-hydrogen) atoms. The first kappa shape index (κ1) is 16.2. The zero-order valence-electron chi connectivity index (χ0n) is 13.0. The molecule has 0 aliphatic rings. The standard InChI is InChI=1S/C18H30O/c1-5-7-11-15(6-2)14-17(19)18(3,4)16-12-9-8-10-13-16/h8-10,12-13,15,17,19H,5-7,11,14H2,1-4H3. The van der Waals surface area contributed by atoms with Crippen LogP contribution in [0.2, 0.25) is 0 Å². The third kappa shape index (κ3) is 4.65. The third-order valence-corrected chi connectivity index (χ3v) is 4.45. The number of aliphatic hydroxyl groups is 1. The monoisotopic (exact) mass is 262 g/mol. The Balaban J connectivity index is 2.67.